The zero-order valence-electron chi connectivity index (χ0n) is 18.5. The Morgan fingerprint density at radius 2 is 1.83 bits per heavy atom. The Labute approximate surface area is 173 Å². The molecule has 0 spiro atoms. The molecular formula is C22H31BN2O4. The summed E-state index contributed by atoms with van der Waals surface area (Å²) in [5.74, 6) is 0. The lowest BCUT2D eigenvalue weighted by Crippen LogP contribution is -2.41. The summed E-state index contributed by atoms with van der Waals surface area (Å²) in [4.78, 5) is 12.1. The van der Waals surface area contributed by atoms with Crippen LogP contribution in [0.4, 0.5) is 4.79 Å². The first-order chi connectivity index (χ1) is 13.3. The van der Waals surface area contributed by atoms with Crippen molar-refractivity contribution in [3.63, 3.8) is 0 Å². The number of amides is 1. The number of hydrogen-bond acceptors (Lipinski definition) is 4. The van der Waals surface area contributed by atoms with Crippen molar-refractivity contribution >= 4 is 29.6 Å². The summed E-state index contributed by atoms with van der Waals surface area (Å²) >= 11 is 0. The first-order valence-electron chi connectivity index (χ1n) is 10.3. The van der Waals surface area contributed by atoms with Crippen LogP contribution in [0.2, 0.25) is 0 Å². The van der Waals surface area contributed by atoms with Crippen LogP contribution in [-0.2, 0) is 27.0 Å². The molecule has 2 aliphatic rings. The number of aromatic nitrogens is 1. The summed E-state index contributed by atoms with van der Waals surface area (Å²) in [5.41, 5.74) is 2.21. The van der Waals surface area contributed by atoms with E-state index in [1.165, 1.54) is 11.1 Å². The third-order valence-corrected chi connectivity index (χ3v) is 6.12. The maximum atomic E-state index is 12.1. The van der Waals surface area contributed by atoms with Crippen LogP contribution in [0.15, 0.2) is 24.3 Å². The second-order valence-electron chi connectivity index (χ2n) is 10.2. The molecule has 156 valence electrons. The fourth-order valence-electron chi connectivity index (χ4n) is 3.97. The smallest absolute Gasteiger partial charge is 0.444 e. The topological polar surface area (TPSA) is 61.7 Å². The highest BCUT2D eigenvalue weighted by atomic mass is 16.7. The summed E-state index contributed by atoms with van der Waals surface area (Å²) in [6.07, 6.45) is 0.431. The molecule has 1 saturated heterocycles. The number of hydrogen-bond donors (Lipinski definition) is 1. The van der Waals surface area contributed by atoms with Crippen LogP contribution >= 0.6 is 0 Å². The Kier molecular flexibility index (Phi) is 4.55. The Morgan fingerprint density at radius 3 is 2.45 bits per heavy atom. The van der Waals surface area contributed by atoms with Gasteiger partial charge in [-0.15, -0.1) is 0 Å². The average molecular weight is 398 g/mol. The highest BCUT2D eigenvalue weighted by Gasteiger charge is 2.51. The monoisotopic (exact) mass is 398 g/mol. The van der Waals surface area contributed by atoms with Crippen LogP contribution in [0.3, 0.4) is 0 Å². The number of ether oxygens (including phenoxy) is 1. The Balaban J connectivity index is 1.49. The maximum absolute atomic E-state index is 12.1. The first kappa shape index (κ1) is 20.3. The van der Waals surface area contributed by atoms with Gasteiger partial charge in [0, 0.05) is 24.2 Å². The van der Waals surface area contributed by atoms with Gasteiger partial charge in [0.05, 0.1) is 17.2 Å². The molecule has 2 aromatic rings. The van der Waals surface area contributed by atoms with Gasteiger partial charge in [-0.2, -0.15) is 0 Å². The van der Waals surface area contributed by atoms with Crippen molar-refractivity contribution in [1.29, 1.82) is 0 Å². The zero-order valence-corrected chi connectivity index (χ0v) is 18.5. The normalized spacial score (nSPS) is 22.7. The van der Waals surface area contributed by atoms with Gasteiger partial charge in [0.25, 0.3) is 0 Å². The van der Waals surface area contributed by atoms with E-state index in [2.05, 4.69) is 61.8 Å². The molecule has 1 unspecified atom stereocenters. The predicted molar refractivity (Wildman–Crippen MR) is 115 cm³/mol. The fraction of sp³-hybridized carbons (Fsp3) is 0.591. The molecular weight excluding hydrogens is 367 g/mol. The van der Waals surface area contributed by atoms with E-state index in [0.717, 1.165) is 23.9 Å². The SMILES string of the molecule is CC(C)(C)OC(=O)NC1Cc2cc3cc(B4OC(C)(C)C(C)(C)O4)ccc3n2C1. The van der Waals surface area contributed by atoms with E-state index in [0.29, 0.717) is 0 Å². The lowest BCUT2D eigenvalue weighted by Gasteiger charge is -2.32. The number of carbonyl (C=O) groups excluding carboxylic acids is 1. The lowest BCUT2D eigenvalue weighted by molar-refractivity contribution is 0.00578. The highest BCUT2D eigenvalue weighted by molar-refractivity contribution is 6.62. The molecule has 29 heavy (non-hydrogen) atoms. The molecule has 3 heterocycles. The van der Waals surface area contributed by atoms with Crippen molar-refractivity contribution < 1.29 is 18.8 Å². The van der Waals surface area contributed by atoms with Crippen LogP contribution in [0.5, 0.6) is 0 Å². The van der Waals surface area contributed by atoms with Crippen LogP contribution in [0.25, 0.3) is 10.9 Å². The van der Waals surface area contributed by atoms with Gasteiger partial charge in [0.1, 0.15) is 5.60 Å². The first-order valence-corrected chi connectivity index (χ1v) is 10.3. The number of nitrogens with zero attached hydrogens (tertiary/aromatic N) is 1. The van der Waals surface area contributed by atoms with Crippen molar-refractivity contribution in [2.45, 2.75) is 84.3 Å². The summed E-state index contributed by atoms with van der Waals surface area (Å²) in [6.45, 7) is 14.6. The molecule has 0 bridgehead atoms. The molecule has 1 aromatic heterocycles. The van der Waals surface area contributed by atoms with Crippen molar-refractivity contribution in [1.82, 2.24) is 9.88 Å². The van der Waals surface area contributed by atoms with Gasteiger partial charge in [0.2, 0.25) is 0 Å². The number of carbonyl (C=O) groups is 1. The number of nitrogens with one attached hydrogen (secondary N) is 1. The van der Waals surface area contributed by atoms with E-state index in [-0.39, 0.29) is 30.5 Å². The van der Waals surface area contributed by atoms with Crippen LogP contribution in [0.1, 0.15) is 54.2 Å². The molecule has 0 saturated carbocycles. The van der Waals surface area contributed by atoms with Gasteiger partial charge >= 0.3 is 13.2 Å². The number of fused-ring (bicyclic) bond motifs is 3. The summed E-state index contributed by atoms with van der Waals surface area (Å²) < 4.78 is 20.0. The van der Waals surface area contributed by atoms with Crippen molar-refractivity contribution in [3.8, 4) is 0 Å². The molecule has 1 fully saturated rings. The average Bonchev–Trinajstić information content (AvgIpc) is 3.13. The number of rotatable bonds is 2. The van der Waals surface area contributed by atoms with Gasteiger partial charge in [-0.3, -0.25) is 0 Å². The van der Waals surface area contributed by atoms with Crippen molar-refractivity contribution in [2.75, 3.05) is 0 Å². The molecule has 2 aliphatic heterocycles. The molecule has 1 amide bonds. The molecule has 0 radical (unpaired) electrons. The van der Waals surface area contributed by atoms with Gasteiger partial charge in [0.15, 0.2) is 0 Å². The molecule has 1 N–H and O–H groups in total. The minimum atomic E-state index is -0.491. The number of benzene rings is 1. The molecule has 1 aromatic carbocycles. The zero-order chi connectivity index (χ0) is 21.2. The summed E-state index contributed by atoms with van der Waals surface area (Å²) in [5, 5.41) is 4.15. The molecule has 7 heteroatoms. The second-order valence-corrected chi connectivity index (χ2v) is 10.2. The van der Waals surface area contributed by atoms with Crippen molar-refractivity contribution in [3.05, 3.63) is 30.0 Å². The maximum Gasteiger partial charge on any atom is 0.494 e. The second kappa shape index (κ2) is 6.51. The largest absolute Gasteiger partial charge is 0.494 e. The van der Waals surface area contributed by atoms with E-state index >= 15 is 0 Å². The summed E-state index contributed by atoms with van der Waals surface area (Å²) in [7, 11) is -0.360. The van der Waals surface area contributed by atoms with Gasteiger partial charge in [-0.25, -0.2) is 4.79 Å². The minimum Gasteiger partial charge on any atom is -0.444 e. The van der Waals surface area contributed by atoms with E-state index in [4.69, 9.17) is 14.0 Å². The third kappa shape index (κ3) is 3.78. The molecule has 4 rings (SSSR count). The van der Waals surface area contributed by atoms with Gasteiger partial charge in [-0.05, 0) is 71.4 Å². The Hall–Kier alpha value is -1.99. The Morgan fingerprint density at radius 1 is 1.17 bits per heavy atom. The van der Waals surface area contributed by atoms with Gasteiger partial charge < -0.3 is 23.9 Å². The fourth-order valence-corrected chi connectivity index (χ4v) is 3.97. The minimum absolute atomic E-state index is 0.0482. The predicted octanol–water partition coefficient (Wildman–Crippen LogP) is 3.39. The summed E-state index contributed by atoms with van der Waals surface area (Å²) in [6, 6.07) is 8.59. The lowest BCUT2D eigenvalue weighted by atomic mass is 9.78. The Bertz CT molecular complexity index is 942. The van der Waals surface area contributed by atoms with Crippen LogP contribution in [0, 0.1) is 0 Å². The molecule has 0 aliphatic carbocycles. The third-order valence-electron chi connectivity index (χ3n) is 6.12. The standard InChI is InChI=1S/C22H31BN2O4/c1-20(2,3)27-19(26)24-16-12-17-11-14-10-15(8-9-18(14)25(17)13-16)23-28-21(4,5)22(6,7)29-23/h8-11,16H,12-13H2,1-7H3,(H,24,26). The van der Waals surface area contributed by atoms with E-state index < -0.39 is 5.60 Å². The van der Waals surface area contributed by atoms with Gasteiger partial charge in [-0.1, -0.05) is 12.1 Å². The van der Waals surface area contributed by atoms with Crippen LogP contribution < -0.4 is 10.8 Å². The van der Waals surface area contributed by atoms with E-state index in [9.17, 15) is 4.79 Å². The van der Waals surface area contributed by atoms with E-state index in [1.807, 2.05) is 20.8 Å². The van der Waals surface area contributed by atoms with Crippen molar-refractivity contribution in [2.24, 2.45) is 0 Å². The highest BCUT2D eigenvalue weighted by Crippen LogP contribution is 2.37. The molecule has 1 atom stereocenters. The number of alkyl carbamates (subject to hydrolysis) is 1. The molecule has 6 nitrogen and oxygen atoms in total. The quantitative estimate of drug-likeness (QED) is 0.788. The van der Waals surface area contributed by atoms with E-state index in [1.54, 1.807) is 0 Å². The van der Waals surface area contributed by atoms with Crippen LogP contribution in [-0.4, -0.2) is 40.6 Å².